The van der Waals surface area contributed by atoms with Crippen molar-refractivity contribution in [1.82, 2.24) is 9.97 Å². The molecule has 6 heteroatoms. The second-order valence-electron chi connectivity index (χ2n) is 3.79. The van der Waals surface area contributed by atoms with Crippen molar-refractivity contribution in [3.63, 3.8) is 0 Å². The highest BCUT2D eigenvalue weighted by Crippen LogP contribution is 2.28. The van der Waals surface area contributed by atoms with E-state index in [1.165, 1.54) is 4.90 Å². The summed E-state index contributed by atoms with van der Waals surface area (Å²) >= 11 is 9.21. The first kappa shape index (κ1) is 12.3. The first-order chi connectivity index (χ1) is 8.02. The minimum atomic E-state index is -0.0752. The number of hydrogen-bond donors (Lipinski definition) is 0. The lowest BCUT2D eigenvalue weighted by molar-refractivity contribution is -0.117. The molecule has 1 aliphatic heterocycles. The Bertz CT molecular complexity index is 503. The molecule has 0 spiro atoms. The van der Waals surface area contributed by atoms with Gasteiger partial charge >= 0.3 is 0 Å². The van der Waals surface area contributed by atoms with E-state index in [9.17, 15) is 4.79 Å². The molecule has 4 nitrogen and oxygen atoms in total. The maximum Gasteiger partial charge on any atom is 0.233 e. The summed E-state index contributed by atoms with van der Waals surface area (Å²) in [5.41, 5.74) is 0.692. The van der Waals surface area contributed by atoms with Gasteiger partial charge in [0.1, 0.15) is 5.15 Å². The van der Waals surface area contributed by atoms with Crippen LogP contribution in [0, 0.1) is 25.2 Å². The highest BCUT2D eigenvalue weighted by atomic mass is 79.9. The van der Waals surface area contributed by atoms with Crippen LogP contribution >= 0.6 is 27.5 Å². The van der Waals surface area contributed by atoms with Crippen LogP contribution in [0.5, 0.6) is 0 Å². The van der Waals surface area contributed by atoms with Crippen LogP contribution in [-0.4, -0.2) is 22.4 Å². The van der Waals surface area contributed by atoms with Crippen molar-refractivity contribution in [3.05, 3.63) is 15.3 Å². The maximum atomic E-state index is 11.7. The van der Waals surface area contributed by atoms with Crippen LogP contribution in [0.1, 0.15) is 12.1 Å². The molecule has 1 aromatic rings. The molecule has 1 fully saturated rings. The fourth-order valence-corrected chi connectivity index (χ4v) is 2.03. The summed E-state index contributed by atoms with van der Waals surface area (Å²) in [7, 11) is 0. The molecule has 88 valence electrons. The van der Waals surface area contributed by atoms with Gasteiger partial charge < -0.3 is 0 Å². The van der Waals surface area contributed by atoms with Gasteiger partial charge in [-0.2, -0.15) is 4.98 Å². The van der Waals surface area contributed by atoms with E-state index in [0.717, 1.165) is 0 Å². The average molecular weight is 315 g/mol. The zero-order valence-corrected chi connectivity index (χ0v) is 11.4. The summed E-state index contributed by atoms with van der Waals surface area (Å²) in [6.07, 6.45) is 5.66. The standard InChI is InChI=1S/C11H9BrClN3O/c1-3-7-4-8(17)16(5-7)11-14-6(2)9(12)10(13)15-11/h1,7H,4-5H2,2H3. The molecule has 0 radical (unpaired) electrons. The Labute approximate surface area is 113 Å². The Hall–Kier alpha value is -1.12. The smallest absolute Gasteiger partial charge is 0.233 e. The first-order valence-corrected chi connectivity index (χ1v) is 6.16. The summed E-state index contributed by atoms with van der Waals surface area (Å²) in [6, 6.07) is 0. The zero-order chi connectivity index (χ0) is 12.6. The summed E-state index contributed by atoms with van der Waals surface area (Å²) in [5, 5.41) is 0.296. The molecule has 0 N–H and O–H groups in total. The number of amides is 1. The molecule has 1 atom stereocenters. The topological polar surface area (TPSA) is 46.1 Å². The molecule has 0 bridgehead atoms. The van der Waals surface area contributed by atoms with Crippen LogP contribution in [0.2, 0.25) is 5.15 Å². The van der Waals surface area contributed by atoms with Gasteiger partial charge in [0, 0.05) is 18.9 Å². The van der Waals surface area contributed by atoms with E-state index >= 15 is 0 Å². The zero-order valence-electron chi connectivity index (χ0n) is 9.07. The number of aryl methyl sites for hydroxylation is 1. The van der Waals surface area contributed by atoms with E-state index in [0.29, 0.717) is 34.2 Å². The Morgan fingerprint density at radius 3 is 2.82 bits per heavy atom. The number of nitrogens with zero attached hydrogens (tertiary/aromatic N) is 3. The minimum absolute atomic E-state index is 0.0641. The molecule has 2 rings (SSSR count). The molecular formula is C11H9BrClN3O. The van der Waals surface area contributed by atoms with Gasteiger partial charge in [-0.3, -0.25) is 9.69 Å². The van der Waals surface area contributed by atoms with E-state index in [4.69, 9.17) is 18.0 Å². The van der Waals surface area contributed by atoms with Crippen molar-refractivity contribution in [2.45, 2.75) is 13.3 Å². The first-order valence-electron chi connectivity index (χ1n) is 4.99. The van der Waals surface area contributed by atoms with Gasteiger partial charge in [-0.25, -0.2) is 4.98 Å². The molecule has 1 aliphatic rings. The van der Waals surface area contributed by atoms with Crippen LogP contribution < -0.4 is 4.90 Å². The quantitative estimate of drug-likeness (QED) is 0.589. The third-order valence-corrected chi connectivity index (χ3v) is 4.02. The highest BCUT2D eigenvalue weighted by Gasteiger charge is 2.31. The maximum absolute atomic E-state index is 11.7. The van der Waals surface area contributed by atoms with Crippen LogP contribution in [0.15, 0.2) is 4.47 Å². The molecular weight excluding hydrogens is 305 g/mol. The Balaban J connectivity index is 2.36. The largest absolute Gasteiger partial charge is 0.279 e. The summed E-state index contributed by atoms with van der Waals surface area (Å²) in [6.45, 7) is 2.24. The number of halogens is 2. The number of hydrogen-bond acceptors (Lipinski definition) is 3. The third-order valence-electron chi connectivity index (χ3n) is 2.57. The van der Waals surface area contributed by atoms with E-state index < -0.39 is 0 Å². The van der Waals surface area contributed by atoms with Crippen molar-refractivity contribution < 1.29 is 4.79 Å². The number of carbonyl (C=O) groups excluding carboxylic acids is 1. The van der Waals surface area contributed by atoms with Crippen molar-refractivity contribution in [2.24, 2.45) is 5.92 Å². The monoisotopic (exact) mass is 313 g/mol. The highest BCUT2D eigenvalue weighted by molar-refractivity contribution is 9.10. The van der Waals surface area contributed by atoms with Gasteiger partial charge in [0.25, 0.3) is 0 Å². The normalized spacial score (nSPS) is 19.5. The Kier molecular flexibility index (Phi) is 3.36. The van der Waals surface area contributed by atoms with E-state index in [1.807, 2.05) is 0 Å². The number of carbonyl (C=O) groups is 1. The molecule has 2 heterocycles. The lowest BCUT2D eigenvalue weighted by Gasteiger charge is -2.14. The molecule has 0 saturated carbocycles. The number of terminal acetylenes is 1. The van der Waals surface area contributed by atoms with Crippen molar-refractivity contribution in [2.75, 3.05) is 11.4 Å². The summed E-state index contributed by atoms with van der Waals surface area (Å²) < 4.78 is 0.642. The Morgan fingerprint density at radius 2 is 2.29 bits per heavy atom. The van der Waals surface area contributed by atoms with Crippen molar-refractivity contribution in [1.29, 1.82) is 0 Å². The SMILES string of the molecule is C#CC1CC(=O)N(c2nc(C)c(Br)c(Cl)n2)C1. The fraction of sp³-hybridized carbons (Fsp3) is 0.364. The number of aromatic nitrogens is 2. The van der Waals surface area contributed by atoms with E-state index in [1.54, 1.807) is 6.92 Å². The summed E-state index contributed by atoms with van der Waals surface area (Å²) in [5.74, 6) is 2.75. The van der Waals surface area contributed by atoms with Gasteiger partial charge in [0.15, 0.2) is 0 Å². The average Bonchev–Trinajstić information content (AvgIpc) is 2.67. The van der Waals surface area contributed by atoms with Gasteiger partial charge in [-0.15, -0.1) is 12.3 Å². The molecule has 1 aromatic heterocycles. The third kappa shape index (κ3) is 2.28. The van der Waals surface area contributed by atoms with Gasteiger partial charge in [-0.05, 0) is 22.9 Å². The molecule has 1 saturated heterocycles. The van der Waals surface area contributed by atoms with Crippen LogP contribution in [-0.2, 0) is 4.79 Å². The lowest BCUT2D eigenvalue weighted by Crippen LogP contribution is -2.26. The van der Waals surface area contributed by atoms with Crippen LogP contribution in [0.25, 0.3) is 0 Å². The second kappa shape index (κ2) is 4.63. The molecule has 1 amide bonds. The second-order valence-corrected chi connectivity index (χ2v) is 4.94. The fourth-order valence-electron chi connectivity index (χ4n) is 1.64. The Morgan fingerprint density at radius 1 is 1.59 bits per heavy atom. The van der Waals surface area contributed by atoms with Crippen LogP contribution in [0.3, 0.4) is 0 Å². The van der Waals surface area contributed by atoms with Gasteiger partial charge in [0.05, 0.1) is 10.2 Å². The van der Waals surface area contributed by atoms with Crippen molar-refractivity contribution >= 4 is 39.4 Å². The molecule has 1 unspecified atom stereocenters. The predicted octanol–water partition coefficient (Wildman–Crippen LogP) is 2.19. The van der Waals surface area contributed by atoms with Gasteiger partial charge in [0.2, 0.25) is 11.9 Å². The molecule has 17 heavy (non-hydrogen) atoms. The lowest BCUT2D eigenvalue weighted by atomic mass is 10.1. The molecule has 0 aromatic carbocycles. The van der Waals surface area contributed by atoms with Crippen LogP contribution in [0.4, 0.5) is 5.95 Å². The number of rotatable bonds is 1. The van der Waals surface area contributed by atoms with E-state index in [2.05, 4.69) is 31.8 Å². The molecule has 0 aliphatic carbocycles. The van der Waals surface area contributed by atoms with E-state index in [-0.39, 0.29) is 11.8 Å². The summed E-state index contributed by atoms with van der Waals surface area (Å²) in [4.78, 5) is 21.5. The predicted molar refractivity (Wildman–Crippen MR) is 68.8 cm³/mol. The van der Waals surface area contributed by atoms with Gasteiger partial charge in [-0.1, -0.05) is 11.6 Å². The minimum Gasteiger partial charge on any atom is -0.279 e. The number of anilines is 1. The van der Waals surface area contributed by atoms with Crippen molar-refractivity contribution in [3.8, 4) is 12.3 Å².